The van der Waals surface area contributed by atoms with E-state index in [9.17, 15) is 8.78 Å². The minimum Gasteiger partial charge on any atom is -0.323 e. The third-order valence-corrected chi connectivity index (χ3v) is 2.78. The second kappa shape index (κ2) is 4.17. The Hall–Kier alpha value is -1.75. The fourth-order valence-electron chi connectivity index (χ4n) is 1.77. The van der Waals surface area contributed by atoms with Crippen LogP contribution in [0.5, 0.6) is 0 Å². The van der Waals surface area contributed by atoms with E-state index >= 15 is 0 Å². The summed E-state index contributed by atoms with van der Waals surface area (Å²) >= 11 is 0. The largest absolute Gasteiger partial charge is 0.323 e. The third-order valence-electron chi connectivity index (χ3n) is 2.78. The average molecular weight is 251 g/mol. The monoisotopic (exact) mass is 251 g/mol. The number of anilines is 1. The Kier molecular flexibility index (Phi) is 2.94. The molecule has 0 atom stereocenters. The van der Waals surface area contributed by atoms with Gasteiger partial charge in [0.05, 0.1) is 11.1 Å². The Morgan fingerprint density at radius 2 is 1.78 bits per heavy atom. The molecule has 0 aliphatic heterocycles. The number of hydrazine groups is 1. The molecule has 0 radical (unpaired) electrons. The SMILES string of the molecule is CC(C)(C)c1cc(NN)c2c(F)ccc(F)c2n1. The van der Waals surface area contributed by atoms with Gasteiger partial charge in [-0.2, -0.15) is 0 Å². The maximum absolute atomic E-state index is 13.8. The number of nitrogens with one attached hydrogen (secondary N) is 1. The molecule has 3 nitrogen and oxygen atoms in total. The highest BCUT2D eigenvalue weighted by atomic mass is 19.1. The van der Waals surface area contributed by atoms with E-state index in [1.807, 2.05) is 20.8 Å². The number of nitrogens with zero attached hydrogens (tertiary/aromatic N) is 1. The molecular formula is C13H15F2N3. The van der Waals surface area contributed by atoms with E-state index in [-0.39, 0.29) is 16.3 Å². The van der Waals surface area contributed by atoms with Crippen LogP contribution in [0.1, 0.15) is 26.5 Å². The minimum atomic E-state index is -0.561. The van der Waals surface area contributed by atoms with Crippen LogP contribution >= 0.6 is 0 Å². The molecule has 0 unspecified atom stereocenters. The molecule has 2 rings (SSSR count). The summed E-state index contributed by atoms with van der Waals surface area (Å²) in [6.45, 7) is 5.83. The Morgan fingerprint density at radius 1 is 1.17 bits per heavy atom. The van der Waals surface area contributed by atoms with Crippen LogP contribution in [0.25, 0.3) is 10.9 Å². The molecule has 0 aliphatic carbocycles. The molecule has 96 valence electrons. The summed E-state index contributed by atoms with van der Waals surface area (Å²) in [5.41, 5.74) is 3.10. The first-order valence-corrected chi connectivity index (χ1v) is 5.60. The van der Waals surface area contributed by atoms with E-state index in [1.54, 1.807) is 6.07 Å². The maximum atomic E-state index is 13.8. The molecule has 0 bridgehead atoms. The highest BCUT2D eigenvalue weighted by molar-refractivity contribution is 5.92. The summed E-state index contributed by atoms with van der Waals surface area (Å²) in [5.74, 6) is 4.27. The Balaban J connectivity index is 2.88. The number of hydrogen-bond donors (Lipinski definition) is 2. The van der Waals surface area contributed by atoms with Gasteiger partial charge in [-0.15, -0.1) is 0 Å². The molecule has 1 aromatic heterocycles. The van der Waals surface area contributed by atoms with Crippen molar-refractivity contribution in [2.75, 3.05) is 5.43 Å². The van der Waals surface area contributed by atoms with Crippen molar-refractivity contribution in [2.45, 2.75) is 26.2 Å². The van der Waals surface area contributed by atoms with Gasteiger partial charge < -0.3 is 5.43 Å². The lowest BCUT2D eigenvalue weighted by Gasteiger charge is -2.20. The Labute approximate surface area is 104 Å². The normalized spacial score (nSPS) is 11.9. The van der Waals surface area contributed by atoms with Crippen molar-refractivity contribution in [3.8, 4) is 0 Å². The summed E-state index contributed by atoms with van der Waals surface area (Å²) in [4.78, 5) is 4.20. The molecule has 0 spiro atoms. The quantitative estimate of drug-likeness (QED) is 0.605. The summed E-state index contributed by atoms with van der Waals surface area (Å²) in [5, 5.41) is 0.0745. The van der Waals surface area contributed by atoms with Crippen LogP contribution in [-0.4, -0.2) is 4.98 Å². The number of benzene rings is 1. The molecule has 1 aromatic carbocycles. The van der Waals surface area contributed by atoms with Crippen molar-refractivity contribution in [1.29, 1.82) is 0 Å². The van der Waals surface area contributed by atoms with Gasteiger partial charge in [-0.1, -0.05) is 20.8 Å². The molecule has 3 N–H and O–H groups in total. The Bertz CT molecular complexity index is 603. The number of nitrogen functional groups attached to an aromatic ring is 1. The molecule has 0 saturated heterocycles. The first-order chi connectivity index (χ1) is 8.34. The van der Waals surface area contributed by atoms with Gasteiger partial charge in [0.15, 0.2) is 0 Å². The molecule has 5 heteroatoms. The van der Waals surface area contributed by atoms with E-state index in [0.29, 0.717) is 11.4 Å². The number of rotatable bonds is 1. The summed E-state index contributed by atoms with van der Waals surface area (Å²) in [6.07, 6.45) is 0. The van der Waals surface area contributed by atoms with E-state index < -0.39 is 11.6 Å². The number of nitrogens with two attached hydrogens (primary N) is 1. The summed E-state index contributed by atoms with van der Waals surface area (Å²) < 4.78 is 27.5. The van der Waals surface area contributed by atoms with Crippen LogP contribution in [-0.2, 0) is 5.41 Å². The average Bonchev–Trinajstić information content (AvgIpc) is 2.31. The number of halogens is 2. The number of hydrogen-bond acceptors (Lipinski definition) is 3. The van der Waals surface area contributed by atoms with E-state index in [0.717, 1.165) is 12.1 Å². The molecule has 0 fully saturated rings. The zero-order valence-corrected chi connectivity index (χ0v) is 10.5. The molecule has 2 aromatic rings. The first-order valence-electron chi connectivity index (χ1n) is 5.60. The van der Waals surface area contributed by atoms with Crippen LogP contribution in [0.3, 0.4) is 0 Å². The molecule has 0 aliphatic rings. The van der Waals surface area contributed by atoms with Gasteiger partial charge in [0.25, 0.3) is 0 Å². The minimum absolute atomic E-state index is 0.00428. The molecule has 0 saturated carbocycles. The van der Waals surface area contributed by atoms with Crippen LogP contribution in [0.4, 0.5) is 14.5 Å². The zero-order chi connectivity index (χ0) is 13.5. The highest BCUT2D eigenvalue weighted by Crippen LogP contribution is 2.31. The second-order valence-corrected chi connectivity index (χ2v) is 5.20. The third kappa shape index (κ3) is 2.01. The van der Waals surface area contributed by atoms with Gasteiger partial charge in [-0.05, 0) is 18.2 Å². The Morgan fingerprint density at radius 3 is 2.33 bits per heavy atom. The topological polar surface area (TPSA) is 50.9 Å². The molecule has 1 heterocycles. The number of pyridine rings is 1. The van der Waals surface area contributed by atoms with Crippen LogP contribution < -0.4 is 11.3 Å². The van der Waals surface area contributed by atoms with Gasteiger partial charge in [-0.25, -0.2) is 13.8 Å². The van der Waals surface area contributed by atoms with Crippen molar-refractivity contribution in [1.82, 2.24) is 4.98 Å². The maximum Gasteiger partial charge on any atom is 0.149 e. The lowest BCUT2D eigenvalue weighted by molar-refractivity contribution is 0.567. The van der Waals surface area contributed by atoms with E-state index in [4.69, 9.17) is 5.84 Å². The van der Waals surface area contributed by atoms with Crippen LogP contribution in [0.15, 0.2) is 18.2 Å². The smallest absolute Gasteiger partial charge is 0.149 e. The van der Waals surface area contributed by atoms with Gasteiger partial charge in [0.2, 0.25) is 0 Å². The van der Waals surface area contributed by atoms with E-state index in [2.05, 4.69) is 10.4 Å². The molecule has 18 heavy (non-hydrogen) atoms. The summed E-state index contributed by atoms with van der Waals surface area (Å²) in [7, 11) is 0. The van der Waals surface area contributed by atoms with Gasteiger partial charge in [0, 0.05) is 11.1 Å². The van der Waals surface area contributed by atoms with Crippen molar-refractivity contribution in [3.05, 3.63) is 35.5 Å². The predicted molar refractivity (Wildman–Crippen MR) is 68.2 cm³/mol. The first kappa shape index (κ1) is 12.7. The van der Waals surface area contributed by atoms with Crippen LogP contribution in [0, 0.1) is 11.6 Å². The van der Waals surface area contributed by atoms with Gasteiger partial charge in [-0.3, -0.25) is 5.84 Å². The van der Waals surface area contributed by atoms with E-state index in [1.165, 1.54) is 0 Å². The highest BCUT2D eigenvalue weighted by Gasteiger charge is 2.20. The van der Waals surface area contributed by atoms with Crippen molar-refractivity contribution >= 4 is 16.6 Å². The van der Waals surface area contributed by atoms with Gasteiger partial charge in [0.1, 0.15) is 17.2 Å². The van der Waals surface area contributed by atoms with Gasteiger partial charge >= 0.3 is 0 Å². The zero-order valence-electron chi connectivity index (χ0n) is 10.5. The van der Waals surface area contributed by atoms with Crippen LogP contribution in [0.2, 0.25) is 0 Å². The fourth-order valence-corrected chi connectivity index (χ4v) is 1.77. The van der Waals surface area contributed by atoms with Crippen molar-refractivity contribution in [3.63, 3.8) is 0 Å². The standard InChI is InChI=1S/C13H15F2N3/c1-13(2,3)10-6-9(18-16)11-7(14)4-5-8(15)12(11)17-10/h4-6H,16H2,1-3H3,(H,17,18). The predicted octanol–water partition coefficient (Wildman–Crippen LogP) is 3.10. The molecule has 0 amide bonds. The van der Waals surface area contributed by atoms with Crippen molar-refractivity contribution in [2.24, 2.45) is 5.84 Å². The fraction of sp³-hybridized carbons (Fsp3) is 0.308. The molecular weight excluding hydrogens is 236 g/mol. The lowest BCUT2D eigenvalue weighted by atomic mass is 9.90. The lowest BCUT2D eigenvalue weighted by Crippen LogP contribution is -2.16. The van der Waals surface area contributed by atoms with Crippen molar-refractivity contribution < 1.29 is 8.78 Å². The second-order valence-electron chi connectivity index (χ2n) is 5.20. The summed E-state index contributed by atoms with van der Waals surface area (Å²) in [6, 6.07) is 3.78. The number of aromatic nitrogens is 1. The number of fused-ring (bicyclic) bond motifs is 1.